The summed E-state index contributed by atoms with van der Waals surface area (Å²) in [7, 11) is -1.51. The average molecular weight is 217 g/mol. The summed E-state index contributed by atoms with van der Waals surface area (Å²) in [6.07, 6.45) is 8.12. The summed E-state index contributed by atoms with van der Waals surface area (Å²) < 4.78 is 18.2. The Kier molecular flexibility index (Phi) is 2.31. The topological polar surface area (TPSA) is 48.3 Å². The Morgan fingerprint density at radius 1 is 1.43 bits per heavy atom. The second-order valence-corrected chi connectivity index (χ2v) is 9.21. The molecular weight excluding hydrogens is 202 g/mol. The van der Waals surface area contributed by atoms with Crippen molar-refractivity contribution in [3.63, 3.8) is 0 Å². The highest BCUT2D eigenvalue weighted by molar-refractivity contribution is 8.16. The van der Waals surface area contributed by atoms with Gasteiger partial charge in [0.2, 0.25) is 0 Å². The summed E-state index contributed by atoms with van der Waals surface area (Å²) in [5, 5.41) is 0. The van der Waals surface area contributed by atoms with Gasteiger partial charge in [0.25, 0.3) is 0 Å². The first-order chi connectivity index (χ1) is 6.21. The van der Waals surface area contributed by atoms with Crippen LogP contribution in [-0.4, -0.2) is 40.0 Å². The first kappa shape index (κ1) is 11.0. The van der Waals surface area contributed by atoms with Gasteiger partial charge in [0.15, 0.2) is 0 Å². The second kappa shape index (κ2) is 2.95. The van der Waals surface area contributed by atoms with E-state index in [0.717, 1.165) is 0 Å². The zero-order valence-electron chi connectivity index (χ0n) is 8.81. The summed E-state index contributed by atoms with van der Waals surface area (Å²) in [6, 6.07) is 1.59. The molecule has 0 spiro atoms. The van der Waals surface area contributed by atoms with E-state index in [-0.39, 0.29) is 0 Å². The molecule has 0 unspecified atom stereocenters. The van der Waals surface area contributed by atoms with Gasteiger partial charge in [-0.2, -0.15) is 0 Å². The van der Waals surface area contributed by atoms with Crippen LogP contribution in [0.2, 0.25) is 0 Å². The molecule has 0 aromatic carbocycles. The lowest BCUT2D eigenvalue weighted by molar-refractivity contribution is 0.0601. The molecule has 0 bridgehead atoms. The number of hydrogen-bond donors (Lipinski definition) is 0. The summed E-state index contributed by atoms with van der Waals surface area (Å²) in [5.41, 5.74) is 0.414. The first-order valence-electron chi connectivity index (χ1n) is 4.07. The molecule has 1 aromatic rings. The van der Waals surface area contributed by atoms with Gasteiger partial charge in [-0.05, 0) is 15.3 Å². The van der Waals surface area contributed by atoms with Crippen LogP contribution in [0.5, 0.6) is 0 Å². The van der Waals surface area contributed by atoms with E-state index in [2.05, 4.69) is 4.74 Å². The average Bonchev–Trinajstić information content (AvgIpc) is 2.48. The van der Waals surface area contributed by atoms with Crippen molar-refractivity contribution in [1.82, 2.24) is 3.97 Å². The zero-order valence-corrected chi connectivity index (χ0v) is 9.63. The number of aromatic nitrogens is 1. The van der Waals surface area contributed by atoms with E-state index >= 15 is 0 Å². The van der Waals surface area contributed by atoms with Crippen molar-refractivity contribution >= 4 is 15.2 Å². The quantitative estimate of drug-likeness (QED) is 0.687. The molecule has 0 aliphatic heterocycles. The van der Waals surface area contributed by atoms with E-state index in [9.17, 15) is 9.00 Å². The third-order valence-corrected chi connectivity index (χ3v) is 3.47. The van der Waals surface area contributed by atoms with Gasteiger partial charge in [0, 0.05) is 31.2 Å². The highest BCUT2D eigenvalue weighted by Gasteiger charge is 2.20. The van der Waals surface area contributed by atoms with E-state index in [1.807, 2.05) is 0 Å². The Bertz CT molecular complexity index is 416. The summed E-state index contributed by atoms with van der Waals surface area (Å²) in [5.74, 6) is -0.416. The maximum absolute atomic E-state index is 12.1. The normalized spacial score (nSPS) is 14.4. The molecule has 14 heavy (non-hydrogen) atoms. The van der Waals surface area contributed by atoms with Gasteiger partial charge in [-0.3, -0.25) is 8.18 Å². The molecule has 4 nitrogen and oxygen atoms in total. The van der Waals surface area contributed by atoms with Crippen molar-refractivity contribution in [3.05, 3.63) is 24.0 Å². The van der Waals surface area contributed by atoms with Gasteiger partial charge in [0.05, 0.1) is 12.7 Å². The van der Waals surface area contributed by atoms with E-state index in [1.54, 1.807) is 41.2 Å². The first-order valence-corrected chi connectivity index (χ1v) is 7.22. The number of carbonyl (C=O) groups is 1. The van der Waals surface area contributed by atoms with Crippen LogP contribution in [0.25, 0.3) is 0 Å². The lowest BCUT2D eigenvalue weighted by Crippen LogP contribution is -2.35. The number of rotatable bonds is 2. The molecule has 80 valence electrons. The molecule has 0 saturated heterocycles. The highest BCUT2D eigenvalue weighted by atomic mass is 32.3. The number of ether oxygens (including phenoxy) is 1. The Balaban J connectivity index is 3.13. The predicted octanol–water partition coefficient (Wildman–Crippen LogP) is 0.747. The molecule has 1 heterocycles. The monoisotopic (exact) mass is 217 g/mol. The smallest absolute Gasteiger partial charge is 0.339 e. The van der Waals surface area contributed by atoms with Gasteiger partial charge in [-0.15, -0.1) is 0 Å². The lowest BCUT2D eigenvalue weighted by atomic mass is 10.3. The van der Waals surface area contributed by atoms with E-state index in [0.29, 0.717) is 5.56 Å². The maximum Gasteiger partial charge on any atom is 0.339 e. The van der Waals surface area contributed by atoms with Gasteiger partial charge in [-0.25, -0.2) is 4.79 Å². The van der Waals surface area contributed by atoms with Crippen LogP contribution in [0.1, 0.15) is 10.4 Å². The summed E-state index contributed by atoms with van der Waals surface area (Å²) >= 11 is 0. The van der Waals surface area contributed by atoms with Crippen molar-refractivity contribution in [2.75, 3.05) is 25.9 Å². The zero-order chi connectivity index (χ0) is 11.0. The van der Waals surface area contributed by atoms with Crippen molar-refractivity contribution < 1.29 is 13.7 Å². The summed E-state index contributed by atoms with van der Waals surface area (Å²) in [4.78, 5) is 11.1. The minimum Gasteiger partial charge on any atom is -0.465 e. The standard InChI is InChI=1S/C9H15NO3S/c1-13-9(11)8-5-6-10(7-8)14(2,3,4)12/h5-7H,1-4H3. The third kappa shape index (κ3) is 2.23. The lowest BCUT2D eigenvalue weighted by Gasteiger charge is -2.30. The summed E-state index contributed by atoms with van der Waals surface area (Å²) in [6.45, 7) is 0. The molecule has 0 aliphatic rings. The number of nitrogens with zero attached hydrogens (tertiary/aromatic N) is 1. The molecular formula is C9H15NO3S. The molecule has 0 N–H and O–H groups in total. The van der Waals surface area contributed by atoms with Gasteiger partial charge < -0.3 is 4.74 Å². The molecule has 0 amide bonds. The van der Waals surface area contributed by atoms with Crippen LogP contribution in [-0.2, 0) is 14.0 Å². The van der Waals surface area contributed by atoms with Crippen LogP contribution in [0.3, 0.4) is 0 Å². The number of carbonyl (C=O) groups excluding carboxylic acids is 1. The van der Waals surface area contributed by atoms with Crippen LogP contribution < -0.4 is 0 Å². The van der Waals surface area contributed by atoms with Crippen LogP contribution in [0.4, 0.5) is 0 Å². The molecule has 1 rings (SSSR count). The Morgan fingerprint density at radius 3 is 2.36 bits per heavy atom. The third-order valence-electron chi connectivity index (χ3n) is 1.81. The van der Waals surface area contributed by atoms with Crippen LogP contribution in [0, 0.1) is 0 Å². The molecule has 0 aliphatic carbocycles. The minimum absolute atomic E-state index is 0.414. The van der Waals surface area contributed by atoms with Crippen molar-refractivity contribution in [2.24, 2.45) is 0 Å². The van der Waals surface area contributed by atoms with Crippen LogP contribution in [0.15, 0.2) is 18.5 Å². The van der Waals surface area contributed by atoms with Gasteiger partial charge in [0.1, 0.15) is 0 Å². The predicted molar refractivity (Wildman–Crippen MR) is 57.1 cm³/mol. The fraction of sp³-hybridized carbons (Fsp3) is 0.444. The highest BCUT2D eigenvalue weighted by Crippen LogP contribution is 2.18. The Morgan fingerprint density at radius 2 is 2.00 bits per heavy atom. The Hall–Kier alpha value is -1.10. The number of hydrogen-bond acceptors (Lipinski definition) is 3. The molecule has 0 radical (unpaired) electrons. The number of methoxy groups -OCH3 is 1. The second-order valence-electron chi connectivity index (χ2n) is 4.10. The fourth-order valence-electron chi connectivity index (χ4n) is 1.00. The largest absolute Gasteiger partial charge is 0.465 e. The Labute approximate surface area is 83.4 Å². The van der Waals surface area contributed by atoms with Crippen molar-refractivity contribution in [3.8, 4) is 0 Å². The minimum atomic E-state index is -2.83. The van der Waals surface area contributed by atoms with Gasteiger partial charge in [-0.1, -0.05) is 0 Å². The molecule has 0 atom stereocenters. The van der Waals surface area contributed by atoms with E-state index in [1.165, 1.54) is 7.11 Å². The number of esters is 1. The van der Waals surface area contributed by atoms with E-state index < -0.39 is 15.2 Å². The molecule has 5 heteroatoms. The van der Waals surface area contributed by atoms with Crippen molar-refractivity contribution in [2.45, 2.75) is 0 Å². The SMILES string of the molecule is COC(=O)c1ccn(S(C)(C)(C)=O)c1. The molecule has 0 saturated carbocycles. The molecule has 1 aromatic heterocycles. The van der Waals surface area contributed by atoms with E-state index in [4.69, 9.17) is 0 Å². The van der Waals surface area contributed by atoms with Gasteiger partial charge >= 0.3 is 5.97 Å². The van der Waals surface area contributed by atoms with Crippen LogP contribution >= 0.6 is 0 Å². The fourth-order valence-corrected chi connectivity index (χ4v) is 1.95. The maximum atomic E-state index is 12.1. The van der Waals surface area contributed by atoms with Crippen molar-refractivity contribution in [1.29, 1.82) is 0 Å². The molecule has 0 fully saturated rings.